The summed E-state index contributed by atoms with van der Waals surface area (Å²) in [7, 11) is 0. The van der Waals surface area contributed by atoms with Crippen LogP contribution in [0.5, 0.6) is 0 Å². The number of nitrogens with zero attached hydrogens (tertiary/aromatic N) is 5. The zero-order valence-corrected chi connectivity index (χ0v) is 16.9. The van der Waals surface area contributed by atoms with Gasteiger partial charge in [-0.3, -0.25) is 14.2 Å². The molecule has 152 valence electrons. The molecule has 0 aromatic carbocycles. The molecule has 0 aliphatic heterocycles. The fraction of sp³-hybridized carbons (Fsp3) is 0.0833. The summed E-state index contributed by atoms with van der Waals surface area (Å²) in [6.07, 6.45) is 9.42. The molecule has 0 spiro atoms. The maximum absolute atomic E-state index is 13.0. The van der Waals surface area contributed by atoms with Crippen LogP contribution in [0.2, 0.25) is 0 Å². The van der Waals surface area contributed by atoms with Crippen molar-refractivity contribution >= 4 is 17.2 Å². The van der Waals surface area contributed by atoms with Gasteiger partial charge in [-0.1, -0.05) is 18.2 Å². The molecule has 0 unspecified atom stereocenters. The zero-order valence-electron chi connectivity index (χ0n) is 16.9. The van der Waals surface area contributed by atoms with Crippen molar-refractivity contribution in [3.63, 3.8) is 0 Å². The van der Waals surface area contributed by atoms with Gasteiger partial charge in [-0.05, 0) is 48.9 Å². The van der Waals surface area contributed by atoms with Gasteiger partial charge < -0.3 is 9.88 Å². The smallest absolute Gasteiger partial charge is 0.277 e. The highest BCUT2D eigenvalue weighted by Crippen LogP contribution is 2.24. The van der Waals surface area contributed by atoms with Crippen molar-refractivity contribution in [1.29, 1.82) is 0 Å². The molecule has 0 atom stereocenters. The molecular formula is C24H20N6O. The average molecular weight is 408 g/mol. The molecule has 5 aromatic rings. The van der Waals surface area contributed by atoms with E-state index in [1.807, 2.05) is 78.4 Å². The first kappa shape index (κ1) is 18.7. The molecule has 1 N–H and O–H groups in total. The van der Waals surface area contributed by atoms with Gasteiger partial charge in [0.05, 0.1) is 17.8 Å². The highest BCUT2D eigenvalue weighted by atomic mass is 16.2. The van der Waals surface area contributed by atoms with Gasteiger partial charge in [0, 0.05) is 36.5 Å². The van der Waals surface area contributed by atoms with Crippen molar-refractivity contribution in [3.05, 3.63) is 103 Å². The normalized spacial score (nSPS) is 11.0. The van der Waals surface area contributed by atoms with E-state index in [4.69, 9.17) is 0 Å². The zero-order chi connectivity index (χ0) is 21.2. The molecule has 5 rings (SSSR count). The number of hydrogen-bond acceptors (Lipinski definition) is 4. The molecule has 7 nitrogen and oxygen atoms in total. The van der Waals surface area contributed by atoms with Crippen LogP contribution in [0, 0.1) is 6.92 Å². The summed E-state index contributed by atoms with van der Waals surface area (Å²) in [5, 5.41) is 2.84. The van der Waals surface area contributed by atoms with Crippen molar-refractivity contribution in [2.75, 3.05) is 5.32 Å². The Morgan fingerprint density at radius 1 is 1.00 bits per heavy atom. The number of nitrogens with one attached hydrogen (secondary N) is 1. The fourth-order valence-corrected chi connectivity index (χ4v) is 3.48. The predicted molar refractivity (Wildman–Crippen MR) is 119 cm³/mol. The van der Waals surface area contributed by atoms with Crippen LogP contribution >= 0.6 is 0 Å². The maximum atomic E-state index is 13.0. The molecule has 0 bridgehead atoms. The number of carbonyl (C=O) groups is 1. The van der Waals surface area contributed by atoms with Crippen molar-refractivity contribution in [2.24, 2.45) is 0 Å². The van der Waals surface area contributed by atoms with Crippen LogP contribution in [-0.2, 0) is 6.54 Å². The number of amides is 1. The van der Waals surface area contributed by atoms with E-state index in [1.165, 1.54) is 0 Å². The van der Waals surface area contributed by atoms with Crippen LogP contribution < -0.4 is 5.32 Å². The summed E-state index contributed by atoms with van der Waals surface area (Å²) >= 11 is 0. The lowest BCUT2D eigenvalue weighted by Gasteiger charge is -2.03. The second-order valence-electron chi connectivity index (χ2n) is 7.31. The lowest BCUT2D eigenvalue weighted by Crippen LogP contribution is -2.13. The SMILES string of the molecule is Cc1ccc(NC(=O)c2nc(-c3ccn(Cc4ccccn4)c3)n3ccccc23)nc1. The van der Waals surface area contributed by atoms with Gasteiger partial charge in [0.25, 0.3) is 5.91 Å². The number of rotatable bonds is 5. The Labute approximate surface area is 179 Å². The summed E-state index contributed by atoms with van der Waals surface area (Å²) in [5.41, 5.74) is 4.02. The van der Waals surface area contributed by atoms with Crippen LogP contribution in [0.4, 0.5) is 5.82 Å². The molecule has 1 amide bonds. The van der Waals surface area contributed by atoms with Gasteiger partial charge in [-0.25, -0.2) is 9.97 Å². The molecule has 0 radical (unpaired) electrons. The van der Waals surface area contributed by atoms with Crippen molar-refractivity contribution < 1.29 is 4.79 Å². The first-order valence-electron chi connectivity index (χ1n) is 9.94. The monoisotopic (exact) mass is 408 g/mol. The van der Waals surface area contributed by atoms with E-state index < -0.39 is 0 Å². The Morgan fingerprint density at radius 2 is 1.90 bits per heavy atom. The summed E-state index contributed by atoms with van der Waals surface area (Å²) in [6, 6.07) is 17.3. The summed E-state index contributed by atoms with van der Waals surface area (Å²) < 4.78 is 3.98. The molecule has 31 heavy (non-hydrogen) atoms. The third-order valence-electron chi connectivity index (χ3n) is 5.00. The Kier molecular flexibility index (Phi) is 4.76. The Balaban J connectivity index is 1.48. The van der Waals surface area contributed by atoms with Crippen LogP contribution in [-0.4, -0.2) is 29.8 Å². The highest BCUT2D eigenvalue weighted by molar-refractivity contribution is 6.07. The van der Waals surface area contributed by atoms with E-state index in [0.29, 0.717) is 23.9 Å². The number of aromatic nitrogens is 5. The van der Waals surface area contributed by atoms with Crippen LogP contribution in [0.1, 0.15) is 21.7 Å². The van der Waals surface area contributed by atoms with Gasteiger partial charge in [-0.15, -0.1) is 0 Å². The van der Waals surface area contributed by atoms with Gasteiger partial charge in [0.2, 0.25) is 0 Å². The minimum Gasteiger partial charge on any atom is -0.348 e. The molecule has 5 aromatic heterocycles. The topological polar surface area (TPSA) is 77.1 Å². The molecule has 0 saturated heterocycles. The third kappa shape index (κ3) is 3.81. The van der Waals surface area contributed by atoms with E-state index in [-0.39, 0.29) is 5.91 Å². The van der Waals surface area contributed by atoms with Crippen molar-refractivity contribution in [1.82, 2.24) is 23.9 Å². The molecule has 7 heteroatoms. The summed E-state index contributed by atoms with van der Waals surface area (Å²) in [6.45, 7) is 2.62. The minimum absolute atomic E-state index is 0.292. The molecule has 0 fully saturated rings. The van der Waals surface area contributed by atoms with Gasteiger partial charge in [0.15, 0.2) is 5.69 Å². The number of carbonyl (C=O) groups excluding carboxylic acids is 1. The lowest BCUT2D eigenvalue weighted by molar-refractivity contribution is 0.102. The minimum atomic E-state index is -0.292. The number of pyridine rings is 3. The second kappa shape index (κ2) is 7.87. The van der Waals surface area contributed by atoms with Crippen LogP contribution in [0.15, 0.2) is 85.6 Å². The Morgan fingerprint density at radius 3 is 2.71 bits per heavy atom. The fourth-order valence-electron chi connectivity index (χ4n) is 3.48. The maximum Gasteiger partial charge on any atom is 0.277 e. The second-order valence-corrected chi connectivity index (χ2v) is 7.31. The summed E-state index contributed by atoms with van der Waals surface area (Å²) in [4.78, 5) is 26.3. The van der Waals surface area contributed by atoms with Crippen molar-refractivity contribution in [2.45, 2.75) is 13.5 Å². The quantitative estimate of drug-likeness (QED) is 0.473. The number of fused-ring (bicyclic) bond motifs is 1. The predicted octanol–water partition coefficient (Wildman–Crippen LogP) is 4.20. The molecule has 5 heterocycles. The molecule has 0 saturated carbocycles. The largest absolute Gasteiger partial charge is 0.348 e. The van der Waals surface area contributed by atoms with Crippen LogP contribution in [0.25, 0.3) is 16.9 Å². The first-order valence-corrected chi connectivity index (χ1v) is 9.94. The van der Waals surface area contributed by atoms with E-state index in [1.54, 1.807) is 18.5 Å². The number of anilines is 1. The third-order valence-corrected chi connectivity index (χ3v) is 5.00. The van der Waals surface area contributed by atoms with E-state index in [9.17, 15) is 4.79 Å². The highest BCUT2D eigenvalue weighted by Gasteiger charge is 2.19. The van der Waals surface area contributed by atoms with Gasteiger partial charge in [-0.2, -0.15) is 0 Å². The summed E-state index contributed by atoms with van der Waals surface area (Å²) in [5.74, 6) is 0.910. The first-order chi connectivity index (χ1) is 15.2. The molecular weight excluding hydrogens is 388 g/mol. The van der Waals surface area contributed by atoms with E-state index in [2.05, 4.69) is 24.8 Å². The van der Waals surface area contributed by atoms with E-state index >= 15 is 0 Å². The van der Waals surface area contributed by atoms with Gasteiger partial charge >= 0.3 is 0 Å². The van der Waals surface area contributed by atoms with Crippen molar-refractivity contribution in [3.8, 4) is 11.4 Å². The number of imidazole rings is 1. The van der Waals surface area contributed by atoms with Crippen LogP contribution in [0.3, 0.4) is 0 Å². The molecule has 0 aliphatic carbocycles. The Hall–Kier alpha value is -4.26. The Bertz CT molecular complexity index is 1350. The average Bonchev–Trinajstić information content (AvgIpc) is 3.41. The van der Waals surface area contributed by atoms with Gasteiger partial charge in [0.1, 0.15) is 11.6 Å². The number of hydrogen-bond donors (Lipinski definition) is 1. The molecule has 0 aliphatic rings. The lowest BCUT2D eigenvalue weighted by atomic mass is 10.3. The van der Waals surface area contributed by atoms with E-state index in [0.717, 1.165) is 22.3 Å². The standard InChI is InChI=1S/C24H20N6O/c1-17-8-9-21(26-14-17)27-24(31)22-20-7-3-5-12-30(20)23(28-22)18-10-13-29(15-18)16-19-6-2-4-11-25-19/h2-15H,16H2,1H3,(H,26,27,31). The number of aryl methyl sites for hydroxylation is 1.